The molecule has 0 unspecified atom stereocenters. The highest BCUT2D eigenvalue weighted by Gasteiger charge is 2.00. The van der Waals surface area contributed by atoms with E-state index in [0.29, 0.717) is 28.1 Å². The maximum absolute atomic E-state index is 11.8. The molecule has 2 amide bonds. The standard InChI is InChI=1S/C21H17Cl2N3O2/c22-17-6-4-15(5-7-17)14-28-20-3-1-2-16(12-20)13-24-26-21(27)25-19-10-8-18(23)9-11-19/h1-13H,14H2,(H2,25,26,27)/b24-13-. The summed E-state index contributed by atoms with van der Waals surface area (Å²) in [5, 5.41) is 7.88. The lowest BCUT2D eigenvalue weighted by molar-refractivity contribution is 0.252. The number of carbonyl (C=O) groups is 1. The van der Waals surface area contributed by atoms with Crippen molar-refractivity contribution in [2.45, 2.75) is 6.61 Å². The topological polar surface area (TPSA) is 62.7 Å². The maximum Gasteiger partial charge on any atom is 0.339 e. The van der Waals surface area contributed by atoms with Crippen LogP contribution in [0.3, 0.4) is 0 Å². The number of rotatable bonds is 6. The smallest absolute Gasteiger partial charge is 0.339 e. The molecule has 0 aliphatic heterocycles. The van der Waals surface area contributed by atoms with E-state index in [4.69, 9.17) is 27.9 Å². The Morgan fingerprint density at radius 2 is 1.64 bits per heavy atom. The third kappa shape index (κ3) is 6.30. The summed E-state index contributed by atoms with van der Waals surface area (Å²) >= 11 is 11.7. The molecule has 0 heterocycles. The average molecular weight is 414 g/mol. The number of anilines is 1. The van der Waals surface area contributed by atoms with Gasteiger partial charge < -0.3 is 10.1 Å². The molecule has 28 heavy (non-hydrogen) atoms. The predicted molar refractivity (Wildman–Crippen MR) is 113 cm³/mol. The van der Waals surface area contributed by atoms with Crippen molar-refractivity contribution in [1.29, 1.82) is 0 Å². The molecule has 0 fully saturated rings. The van der Waals surface area contributed by atoms with Crippen LogP contribution in [-0.4, -0.2) is 12.2 Å². The molecule has 0 spiro atoms. The zero-order chi connectivity index (χ0) is 19.8. The largest absolute Gasteiger partial charge is 0.489 e. The summed E-state index contributed by atoms with van der Waals surface area (Å²) in [5.74, 6) is 0.699. The molecule has 0 saturated heterocycles. The molecule has 0 radical (unpaired) electrons. The Morgan fingerprint density at radius 3 is 2.36 bits per heavy atom. The molecular formula is C21H17Cl2N3O2. The van der Waals surface area contributed by atoms with E-state index in [1.54, 1.807) is 24.3 Å². The molecule has 7 heteroatoms. The number of hydrogen-bond acceptors (Lipinski definition) is 3. The second-order valence-electron chi connectivity index (χ2n) is 5.82. The Hall–Kier alpha value is -3.02. The summed E-state index contributed by atoms with van der Waals surface area (Å²) in [6.45, 7) is 0.430. The molecule has 0 aromatic heterocycles. The molecule has 0 saturated carbocycles. The van der Waals surface area contributed by atoms with Gasteiger partial charge in [0.25, 0.3) is 0 Å². The van der Waals surface area contributed by atoms with Gasteiger partial charge in [0.15, 0.2) is 0 Å². The van der Waals surface area contributed by atoms with Gasteiger partial charge in [-0.15, -0.1) is 0 Å². The molecule has 3 aromatic carbocycles. The van der Waals surface area contributed by atoms with E-state index in [1.165, 1.54) is 6.21 Å². The number of hydrogen-bond donors (Lipinski definition) is 2. The zero-order valence-corrected chi connectivity index (χ0v) is 16.2. The van der Waals surface area contributed by atoms with Crippen LogP contribution >= 0.6 is 23.2 Å². The van der Waals surface area contributed by atoms with Crippen molar-refractivity contribution in [2.75, 3.05) is 5.32 Å². The van der Waals surface area contributed by atoms with Crippen molar-refractivity contribution < 1.29 is 9.53 Å². The SMILES string of the molecule is O=C(N/N=C\c1cccc(OCc2ccc(Cl)cc2)c1)Nc1ccc(Cl)cc1. The number of ether oxygens (including phenoxy) is 1. The van der Waals surface area contributed by atoms with Gasteiger partial charge in [0.1, 0.15) is 12.4 Å². The number of amides is 2. The lowest BCUT2D eigenvalue weighted by Crippen LogP contribution is -2.24. The number of urea groups is 1. The first-order valence-electron chi connectivity index (χ1n) is 8.41. The Balaban J connectivity index is 1.51. The van der Waals surface area contributed by atoms with Gasteiger partial charge in [0.05, 0.1) is 6.21 Å². The third-order valence-corrected chi connectivity index (χ3v) is 4.16. The summed E-state index contributed by atoms with van der Waals surface area (Å²) in [7, 11) is 0. The summed E-state index contributed by atoms with van der Waals surface area (Å²) in [5.41, 5.74) is 4.84. The summed E-state index contributed by atoms with van der Waals surface area (Å²) in [4.78, 5) is 11.8. The van der Waals surface area contributed by atoms with Gasteiger partial charge in [-0.1, -0.05) is 47.5 Å². The first-order chi connectivity index (χ1) is 13.6. The second-order valence-corrected chi connectivity index (χ2v) is 6.69. The van der Waals surface area contributed by atoms with Crippen LogP contribution in [0.4, 0.5) is 10.5 Å². The minimum atomic E-state index is -0.450. The molecule has 0 aliphatic carbocycles. The average Bonchev–Trinajstić information content (AvgIpc) is 2.70. The van der Waals surface area contributed by atoms with Crippen molar-refractivity contribution in [3.8, 4) is 5.75 Å². The van der Waals surface area contributed by atoms with Crippen molar-refractivity contribution in [2.24, 2.45) is 5.10 Å². The fourth-order valence-corrected chi connectivity index (χ4v) is 2.54. The van der Waals surface area contributed by atoms with E-state index < -0.39 is 6.03 Å². The first-order valence-corrected chi connectivity index (χ1v) is 9.17. The Kier molecular flexibility index (Phi) is 6.89. The number of hydrazone groups is 1. The van der Waals surface area contributed by atoms with Crippen molar-refractivity contribution >= 4 is 41.1 Å². The zero-order valence-electron chi connectivity index (χ0n) is 14.7. The van der Waals surface area contributed by atoms with Crippen molar-refractivity contribution in [3.63, 3.8) is 0 Å². The molecule has 5 nitrogen and oxygen atoms in total. The number of nitrogens with zero attached hydrogens (tertiary/aromatic N) is 1. The minimum Gasteiger partial charge on any atom is -0.489 e. The van der Waals surface area contributed by atoms with Gasteiger partial charge in [-0.25, -0.2) is 10.2 Å². The van der Waals surface area contributed by atoms with E-state index in [2.05, 4.69) is 15.8 Å². The first kappa shape index (κ1) is 19.7. The summed E-state index contributed by atoms with van der Waals surface area (Å²) in [6, 6.07) is 21.2. The van der Waals surface area contributed by atoms with Gasteiger partial charge in [0, 0.05) is 15.7 Å². The summed E-state index contributed by atoms with van der Waals surface area (Å²) < 4.78 is 5.77. The van der Waals surface area contributed by atoms with E-state index in [0.717, 1.165) is 11.1 Å². The van der Waals surface area contributed by atoms with Crippen LogP contribution in [0.25, 0.3) is 0 Å². The molecule has 2 N–H and O–H groups in total. The molecule has 0 atom stereocenters. The van der Waals surface area contributed by atoms with Gasteiger partial charge in [-0.05, 0) is 59.7 Å². The fraction of sp³-hybridized carbons (Fsp3) is 0.0476. The molecule has 0 bridgehead atoms. The van der Waals surface area contributed by atoms with E-state index >= 15 is 0 Å². The van der Waals surface area contributed by atoms with Gasteiger partial charge in [0.2, 0.25) is 0 Å². The van der Waals surface area contributed by atoms with Crippen LogP contribution in [0.1, 0.15) is 11.1 Å². The van der Waals surface area contributed by atoms with E-state index in [9.17, 15) is 4.79 Å². The fourth-order valence-electron chi connectivity index (χ4n) is 2.29. The van der Waals surface area contributed by atoms with Crippen molar-refractivity contribution in [1.82, 2.24) is 5.43 Å². The Bertz CT molecular complexity index is 958. The van der Waals surface area contributed by atoms with E-state index in [1.807, 2.05) is 48.5 Å². The highest BCUT2D eigenvalue weighted by Crippen LogP contribution is 2.16. The van der Waals surface area contributed by atoms with Crippen LogP contribution < -0.4 is 15.5 Å². The molecule has 3 aromatic rings. The quantitative estimate of drug-likeness (QED) is 0.400. The second kappa shape index (κ2) is 9.78. The highest BCUT2D eigenvalue weighted by atomic mass is 35.5. The van der Waals surface area contributed by atoms with Gasteiger partial charge >= 0.3 is 6.03 Å². The molecule has 3 rings (SSSR count). The van der Waals surface area contributed by atoms with Crippen molar-refractivity contribution in [3.05, 3.63) is 94.0 Å². The Morgan fingerprint density at radius 1 is 0.964 bits per heavy atom. The normalized spacial score (nSPS) is 10.6. The Labute approximate surface area is 172 Å². The number of halogens is 2. The molecule has 142 valence electrons. The number of nitrogens with one attached hydrogen (secondary N) is 2. The lowest BCUT2D eigenvalue weighted by Gasteiger charge is -2.07. The van der Waals surface area contributed by atoms with Crippen LogP contribution in [-0.2, 0) is 6.61 Å². The van der Waals surface area contributed by atoms with Gasteiger partial charge in [-0.2, -0.15) is 5.10 Å². The summed E-state index contributed by atoms with van der Waals surface area (Å²) in [6.07, 6.45) is 1.54. The molecular weight excluding hydrogens is 397 g/mol. The van der Waals surface area contributed by atoms with Crippen LogP contribution in [0, 0.1) is 0 Å². The molecule has 0 aliphatic rings. The monoisotopic (exact) mass is 413 g/mol. The predicted octanol–water partition coefficient (Wildman–Crippen LogP) is 5.73. The van der Waals surface area contributed by atoms with E-state index in [-0.39, 0.29) is 0 Å². The van der Waals surface area contributed by atoms with Crippen LogP contribution in [0.5, 0.6) is 5.75 Å². The third-order valence-electron chi connectivity index (χ3n) is 3.66. The number of benzene rings is 3. The van der Waals surface area contributed by atoms with Gasteiger partial charge in [-0.3, -0.25) is 0 Å². The highest BCUT2D eigenvalue weighted by molar-refractivity contribution is 6.30. The number of carbonyl (C=O) groups excluding carboxylic acids is 1. The lowest BCUT2D eigenvalue weighted by atomic mass is 10.2. The maximum atomic E-state index is 11.8. The minimum absolute atomic E-state index is 0.430. The van der Waals surface area contributed by atoms with Crippen LogP contribution in [0.15, 0.2) is 77.9 Å². The van der Waals surface area contributed by atoms with Crippen LogP contribution in [0.2, 0.25) is 10.0 Å².